The summed E-state index contributed by atoms with van der Waals surface area (Å²) >= 11 is 1.66. The van der Waals surface area contributed by atoms with Gasteiger partial charge in [-0.05, 0) is 38.3 Å². The Morgan fingerprint density at radius 3 is 2.92 bits per heavy atom. The quantitative estimate of drug-likeness (QED) is 0.695. The average molecular weight is 366 g/mol. The van der Waals surface area contributed by atoms with E-state index < -0.39 is 0 Å². The van der Waals surface area contributed by atoms with E-state index in [1.165, 1.54) is 24.9 Å². The molecule has 6 heteroatoms. The Balaban J connectivity index is 1.38. The third-order valence-corrected chi connectivity index (χ3v) is 6.51. The van der Waals surface area contributed by atoms with Crippen molar-refractivity contribution in [1.29, 1.82) is 0 Å². The number of aromatic nitrogens is 3. The van der Waals surface area contributed by atoms with Gasteiger partial charge in [-0.25, -0.2) is 4.98 Å². The van der Waals surface area contributed by atoms with Crippen LogP contribution in [0.25, 0.3) is 0 Å². The first kappa shape index (κ1) is 16.1. The van der Waals surface area contributed by atoms with E-state index in [0.717, 1.165) is 22.9 Å². The van der Waals surface area contributed by atoms with Crippen LogP contribution >= 0.6 is 11.3 Å². The molecule has 0 spiro atoms. The van der Waals surface area contributed by atoms with Crippen LogP contribution in [0.2, 0.25) is 0 Å². The highest BCUT2D eigenvalue weighted by atomic mass is 32.1. The fourth-order valence-corrected chi connectivity index (χ4v) is 5.19. The lowest BCUT2D eigenvalue weighted by molar-refractivity contribution is 0.243. The molecule has 3 aromatic rings. The molecule has 0 bridgehead atoms. The Hall–Kier alpha value is -2.05. The summed E-state index contributed by atoms with van der Waals surface area (Å²) in [7, 11) is 0. The second-order valence-electron chi connectivity index (χ2n) is 7.30. The van der Waals surface area contributed by atoms with Crippen molar-refractivity contribution >= 4 is 11.3 Å². The largest absolute Gasteiger partial charge is 0.339 e. The van der Waals surface area contributed by atoms with Gasteiger partial charge in [-0.2, -0.15) is 4.98 Å². The summed E-state index contributed by atoms with van der Waals surface area (Å²) in [5.74, 6) is 1.91. The van der Waals surface area contributed by atoms with Gasteiger partial charge in [0.1, 0.15) is 0 Å². The van der Waals surface area contributed by atoms with Gasteiger partial charge in [-0.15, -0.1) is 11.3 Å². The van der Waals surface area contributed by atoms with Crippen LogP contribution in [0.1, 0.15) is 59.2 Å². The van der Waals surface area contributed by atoms with Gasteiger partial charge in [0, 0.05) is 23.4 Å². The highest BCUT2D eigenvalue weighted by Crippen LogP contribution is 2.48. The first-order valence-corrected chi connectivity index (χ1v) is 10.2. The molecular formula is C20H22N4OS. The fourth-order valence-electron chi connectivity index (χ4n) is 4.58. The minimum Gasteiger partial charge on any atom is -0.339 e. The highest BCUT2D eigenvalue weighted by Gasteiger charge is 2.46. The van der Waals surface area contributed by atoms with Crippen LogP contribution in [-0.4, -0.2) is 32.6 Å². The number of nitrogens with zero attached hydrogens (tertiary/aromatic N) is 4. The van der Waals surface area contributed by atoms with Crippen molar-refractivity contribution in [3.05, 3.63) is 63.7 Å². The van der Waals surface area contributed by atoms with Gasteiger partial charge in [0.2, 0.25) is 5.89 Å². The molecule has 2 saturated heterocycles. The summed E-state index contributed by atoms with van der Waals surface area (Å²) in [5, 5.41) is 7.49. The van der Waals surface area contributed by atoms with E-state index in [-0.39, 0.29) is 0 Å². The van der Waals surface area contributed by atoms with Gasteiger partial charge in [0.05, 0.1) is 17.1 Å². The number of hydrogen-bond acceptors (Lipinski definition) is 6. The molecule has 0 aliphatic carbocycles. The van der Waals surface area contributed by atoms with Gasteiger partial charge in [0.15, 0.2) is 5.82 Å². The lowest BCUT2D eigenvalue weighted by atomic mass is 9.94. The van der Waals surface area contributed by atoms with Gasteiger partial charge in [0.25, 0.3) is 0 Å². The van der Waals surface area contributed by atoms with Crippen LogP contribution in [0.3, 0.4) is 0 Å². The second-order valence-corrected chi connectivity index (χ2v) is 8.36. The summed E-state index contributed by atoms with van der Waals surface area (Å²) < 4.78 is 5.56. The Morgan fingerprint density at radius 1 is 1.23 bits per heavy atom. The monoisotopic (exact) mass is 366 g/mol. The lowest BCUT2D eigenvalue weighted by Gasteiger charge is -2.24. The smallest absolute Gasteiger partial charge is 0.232 e. The van der Waals surface area contributed by atoms with E-state index in [1.807, 2.05) is 6.92 Å². The Kier molecular flexibility index (Phi) is 4.10. The van der Waals surface area contributed by atoms with Gasteiger partial charge in [-0.1, -0.05) is 35.5 Å². The van der Waals surface area contributed by atoms with E-state index in [2.05, 4.69) is 50.8 Å². The summed E-state index contributed by atoms with van der Waals surface area (Å²) in [4.78, 5) is 11.9. The van der Waals surface area contributed by atoms with Crippen LogP contribution in [0.15, 0.2) is 40.2 Å². The summed E-state index contributed by atoms with van der Waals surface area (Å²) in [5.41, 5.74) is 2.42. The molecule has 2 aliphatic heterocycles. The zero-order valence-corrected chi connectivity index (χ0v) is 15.7. The predicted octanol–water partition coefficient (Wildman–Crippen LogP) is 4.12. The third kappa shape index (κ3) is 2.87. The van der Waals surface area contributed by atoms with Crippen LogP contribution < -0.4 is 0 Å². The molecule has 2 aromatic heterocycles. The van der Waals surface area contributed by atoms with Crippen molar-refractivity contribution in [3.8, 4) is 0 Å². The topological polar surface area (TPSA) is 55.1 Å². The number of aryl methyl sites for hydroxylation is 1. The van der Waals surface area contributed by atoms with Gasteiger partial charge in [-0.3, -0.25) is 4.90 Å². The van der Waals surface area contributed by atoms with Crippen LogP contribution in [0, 0.1) is 6.92 Å². The average Bonchev–Trinajstić information content (AvgIpc) is 3.41. The van der Waals surface area contributed by atoms with E-state index >= 15 is 0 Å². The van der Waals surface area contributed by atoms with Crippen LogP contribution in [0.5, 0.6) is 0 Å². The third-order valence-electron chi connectivity index (χ3n) is 5.68. The van der Waals surface area contributed by atoms with Crippen LogP contribution in [-0.2, 0) is 6.42 Å². The molecule has 0 saturated carbocycles. The van der Waals surface area contributed by atoms with Crippen molar-refractivity contribution in [1.82, 2.24) is 20.0 Å². The SMILES string of the molecule is Cc1nc(Cc2nc([C@H]3C[C@@H](c4ccccc4)N4CCC[C@H]34)no2)cs1. The Morgan fingerprint density at radius 2 is 2.12 bits per heavy atom. The van der Waals surface area contributed by atoms with E-state index in [0.29, 0.717) is 30.3 Å². The molecule has 5 nitrogen and oxygen atoms in total. The van der Waals surface area contributed by atoms with E-state index in [9.17, 15) is 0 Å². The minimum absolute atomic E-state index is 0.359. The molecule has 134 valence electrons. The van der Waals surface area contributed by atoms with E-state index in [1.54, 1.807) is 11.3 Å². The predicted molar refractivity (Wildman–Crippen MR) is 100 cm³/mol. The molecule has 2 aliphatic rings. The molecule has 5 rings (SSSR count). The Bertz CT molecular complexity index is 890. The van der Waals surface area contributed by atoms with Gasteiger partial charge >= 0.3 is 0 Å². The molecule has 2 fully saturated rings. The van der Waals surface area contributed by atoms with E-state index in [4.69, 9.17) is 9.51 Å². The maximum atomic E-state index is 5.56. The van der Waals surface area contributed by atoms with Crippen molar-refractivity contribution in [2.75, 3.05) is 6.54 Å². The molecular weight excluding hydrogens is 344 g/mol. The normalized spacial score (nSPS) is 25.7. The first-order valence-electron chi connectivity index (χ1n) is 9.32. The minimum atomic E-state index is 0.359. The molecule has 0 N–H and O–H groups in total. The zero-order chi connectivity index (χ0) is 17.5. The number of rotatable bonds is 4. The standard InChI is InChI=1S/C20H22N4OS/c1-13-21-15(12-26-13)10-19-22-20(23-25-19)16-11-18(14-6-3-2-4-7-14)24-9-5-8-17(16)24/h2-4,6-7,12,16-18H,5,8-11H2,1H3/t16-,17+,18-/m0/s1. The second kappa shape index (κ2) is 6.59. The number of benzene rings is 1. The maximum Gasteiger partial charge on any atom is 0.232 e. The molecule has 0 amide bonds. The maximum absolute atomic E-state index is 5.56. The van der Waals surface area contributed by atoms with Crippen molar-refractivity contribution in [2.45, 2.75) is 50.6 Å². The highest BCUT2D eigenvalue weighted by molar-refractivity contribution is 7.09. The zero-order valence-electron chi connectivity index (χ0n) is 14.8. The molecule has 1 aromatic carbocycles. The molecule has 4 heterocycles. The molecule has 0 unspecified atom stereocenters. The number of thiazole rings is 1. The lowest BCUT2D eigenvalue weighted by Crippen LogP contribution is -2.27. The van der Waals surface area contributed by atoms with Crippen molar-refractivity contribution in [3.63, 3.8) is 0 Å². The molecule has 3 atom stereocenters. The van der Waals surface area contributed by atoms with Crippen LogP contribution in [0.4, 0.5) is 0 Å². The fraction of sp³-hybridized carbons (Fsp3) is 0.450. The first-order chi connectivity index (χ1) is 12.8. The molecule has 0 radical (unpaired) electrons. The van der Waals surface area contributed by atoms with Crippen molar-refractivity contribution in [2.24, 2.45) is 0 Å². The summed E-state index contributed by atoms with van der Waals surface area (Å²) in [6.07, 6.45) is 4.18. The summed E-state index contributed by atoms with van der Waals surface area (Å²) in [6, 6.07) is 11.8. The molecule has 26 heavy (non-hydrogen) atoms. The van der Waals surface area contributed by atoms with Gasteiger partial charge < -0.3 is 4.52 Å². The summed E-state index contributed by atoms with van der Waals surface area (Å²) in [6.45, 7) is 3.19. The number of hydrogen-bond donors (Lipinski definition) is 0. The van der Waals surface area contributed by atoms with Crippen molar-refractivity contribution < 1.29 is 4.52 Å². The Labute approximate surface area is 157 Å². The number of fused-ring (bicyclic) bond motifs is 1.